The van der Waals surface area contributed by atoms with Crippen molar-refractivity contribution in [3.63, 3.8) is 0 Å². The molecule has 0 saturated heterocycles. The lowest BCUT2D eigenvalue weighted by atomic mass is 10.1. The largest absolute Gasteiger partial charge is 0.510 e. The van der Waals surface area contributed by atoms with Crippen molar-refractivity contribution in [2.45, 2.75) is 26.3 Å². The summed E-state index contributed by atoms with van der Waals surface area (Å²) in [6, 6.07) is 6.94. The van der Waals surface area contributed by atoms with E-state index in [9.17, 15) is 9.50 Å². The summed E-state index contributed by atoms with van der Waals surface area (Å²) in [4.78, 5) is 7.79. The van der Waals surface area contributed by atoms with Gasteiger partial charge in [-0.05, 0) is 31.5 Å². The zero-order valence-corrected chi connectivity index (χ0v) is 13.5. The summed E-state index contributed by atoms with van der Waals surface area (Å²) in [6.45, 7) is 5.59. The van der Waals surface area contributed by atoms with Crippen molar-refractivity contribution in [2.24, 2.45) is 0 Å². The lowest BCUT2D eigenvalue weighted by Gasteiger charge is -2.19. The molecule has 0 fully saturated rings. The van der Waals surface area contributed by atoms with Crippen molar-refractivity contribution in [3.8, 4) is 0 Å². The number of thiazole rings is 1. The van der Waals surface area contributed by atoms with Crippen molar-refractivity contribution >= 4 is 16.9 Å². The predicted octanol–water partition coefficient (Wildman–Crippen LogP) is 3.87. The number of aliphatic hydroxyl groups excluding tert-OH is 1. The maximum atomic E-state index is 12.9. The Balaban J connectivity index is 1.74. The van der Waals surface area contributed by atoms with Crippen LogP contribution in [0.2, 0.25) is 0 Å². The second-order valence-electron chi connectivity index (χ2n) is 5.86. The van der Waals surface area contributed by atoms with Crippen LogP contribution >= 0.6 is 11.3 Å². The quantitative estimate of drug-likeness (QED) is 0.930. The summed E-state index contributed by atoms with van der Waals surface area (Å²) < 4.78 is 12.9. The Bertz CT molecular complexity index is 691. The standard InChI is InChI=1S/C17H19FN2OS/c1-11(2)20-9-15(16(21)10-20)17-19-8-14(22-17)7-12-3-5-13(18)6-4-12/h3-6,8,11,21H,7,9-10H2,1-2H3. The lowest BCUT2D eigenvalue weighted by Crippen LogP contribution is -2.28. The number of aromatic nitrogens is 1. The number of hydrogen-bond donors (Lipinski definition) is 1. The Hall–Kier alpha value is -1.72. The molecule has 0 radical (unpaired) electrons. The van der Waals surface area contributed by atoms with Gasteiger partial charge in [-0.15, -0.1) is 11.3 Å². The van der Waals surface area contributed by atoms with E-state index in [1.165, 1.54) is 12.1 Å². The topological polar surface area (TPSA) is 36.4 Å². The highest BCUT2D eigenvalue weighted by molar-refractivity contribution is 7.12. The minimum Gasteiger partial charge on any atom is -0.510 e. The molecule has 3 rings (SSSR count). The SMILES string of the molecule is CC(C)N1CC(O)=C(c2ncc(Cc3ccc(F)cc3)s2)C1. The van der Waals surface area contributed by atoms with Crippen molar-refractivity contribution in [3.05, 3.63) is 57.5 Å². The van der Waals surface area contributed by atoms with Crippen LogP contribution in [0.3, 0.4) is 0 Å². The van der Waals surface area contributed by atoms with Crippen LogP contribution in [0, 0.1) is 5.82 Å². The van der Waals surface area contributed by atoms with Gasteiger partial charge in [-0.25, -0.2) is 9.37 Å². The molecule has 0 saturated carbocycles. The first kappa shape index (κ1) is 15.2. The number of benzene rings is 1. The third-order valence-corrected chi connectivity index (χ3v) is 4.95. The third kappa shape index (κ3) is 3.20. The van der Waals surface area contributed by atoms with E-state index < -0.39 is 0 Å². The first-order valence-electron chi connectivity index (χ1n) is 7.37. The molecule has 0 bridgehead atoms. The van der Waals surface area contributed by atoms with Crippen molar-refractivity contribution in [1.29, 1.82) is 0 Å². The van der Waals surface area contributed by atoms with Gasteiger partial charge in [0.05, 0.1) is 6.54 Å². The van der Waals surface area contributed by atoms with Crippen LogP contribution in [0.15, 0.2) is 36.2 Å². The molecule has 0 amide bonds. The third-order valence-electron chi connectivity index (χ3n) is 3.90. The molecule has 5 heteroatoms. The lowest BCUT2D eigenvalue weighted by molar-refractivity contribution is 0.256. The molecule has 2 aromatic rings. The Morgan fingerprint density at radius 3 is 2.64 bits per heavy atom. The monoisotopic (exact) mass is 318 g/mol. The summed E-state index contributed by atoms with van der Waals surface area (Å²) >= 11 is 1.60. The van der Waals surface area contributed by atoms with E-state index in [0.29, 0.717) is 18.3 Å². The van der Waals surface area contributed by atoms with E-state index in [0.717, 1.165) is 34.0 Å². The van der Waals surface area contributed by atoms with Crippen molar-refractivity contribution in [2.75, 3.05) is 13.1 Å². The zero-order chi connectivity index (χ0) is 15.7. The Labute approximate surface area is 133 Å². The maximum absolute atomic E-state index is 12.9. The normalized spacial score (nSPS) is 16.0. The van der Waals surface area contributed by atoms with Gasteiger partial charge in [0.2, 0.25) is 0 Å². The van der Waals surface area contributed by atoms with Crippen LogP contribution in [0.25, 0.3) is 5.57 Å². The van der Waals surface area contributed by atoms with Gasteiger partial charge in [-0.1, -0.05) is 12.1 Å². The number of hydrogen-bond acceptors (Lipinski definition) is 4. The summed E-state index contributed by atoms with van der Waals surface area (Å²) in [5, 5.41) is 11.0. The van der Waals surface area contributed by atoms with Gasteiger partial charge in [0.25, 0.3) is 0 Å². The fourth-order valence-electron chi connectivity index (χ4n) is 2.53. The fraction of sp³-hybridized carbons (Fsp3) is 0.353. The second kappa shape index (κ2) is 6.18. The highest BCUT2D eigenvalue weighted by Crippen LogP contribution is 2.30. The van der Waals surface area contributed by atoms with Crippen molar-refractivity contribution < 1.29 is 9.50 Å². The van der Waals surface area contributed by atoms with E-state index in [1.54, 1.807) is 23.5 Å². The summed E-state index contributed by atoms with van der Waals surface area (Å²) in [6.07, 6.45) is 2.58. The molecule has 1 aromatic heterocycles. The highest BCUT2D eigenvalue weighted by atomic mass is 32.1. The van der Waals surface area contributed by atoms with Crippen LogP contribution < -0.4 is 0 Å². The van der Waals surface area contributed by atoms with Crippen LogP contribution in [-0.4, -0.2) is 34.1 Å². The average molecular weight is 318 g/mol. The summed E-state index contributed by atoms with van der Waals surface area (Å²) in [5.41, 5.74) is 1.99. The van der Waals surface area contributed by atoms with Gasteiger partial charge in [0.15, 0.2) is 0 Å². The van der Waals surface area contributed by atoms with Crippen molar-refractivity contribution in [1.82, 2.24) is 9.88 Å². The van der Waals surface area contributed by atoms with Gasteiger partial charge in [0, 0.05) is 35.7 Å². The number of halogens is 1. The van der Waals surface area contributed by atoms with Crippen LogP contribution in [0.4, 0.5) is 4.39 Å². The Kier molecular flexibility index (Phi) is 4.27. The summed E-state index contributed by atoms with van der Waals surface area (Å²) in [5.74, 6) is 0.208. The molecule has 0 unspecified atom stereocenters. The van der Waals surface area contributed by atoms with Crippen LogP contribution in [0.5, 0.6) is 0 Å². The molecule has 1 aromatic carbocycles. The van der Waals surface area contributed by atoms with Gasteiger partial charge < -0.3 is 5.11 Å². The van der Waals surface area contributed by atoms with E-state index in [-0.39, 0.29) is 5.82 Å². The molecule has 0 aliphatic carbocycles. The molecular weight excluding hydrogens is 299 g/mol. The molecule has 1 aliphatic heterocycles. The second-order valence-corrected chi connectivity index (χ2v) is 6.97. The number of nitrogens with zero attached hydrogens (tertiary/aromatic N) is 2. The molecule has 0 atom stereocenters. The Morgan fingerprint density at radius 2 is 2.00 bits per heavy atom. The van der Waals surface area contributed by atoms with Crippen LogP contribution in [0.1, 0.15) is 29.3 Å². The average Bonchev–Trinajstić information content (AvgIpc) is 3.08. The zero-order valence-electron chi connectivity index (χ0n) is 12.7. The molecule has 0 spiro atoms. The molecule has 1 N–H and O–H groups in total. The van der Waals surface area contributed by atoms with E-state index in [1.807, 2.05) is 6.20 Å². The molecule has 116 valence electrons. The highest BCUT2D eigenvalue weighted by Gasteiger charge is 2.26. The minimum atomic E-state index is -0.219. The van der Waals surface area contributed by atoms with Gasteiger partial charge in [-0.2, -0.15) is 0 Å². The first-order valence-corrected chi connectivity index (χ1v) is 8.19. The molecule has 1 aliphatic rings. The predicted molar refractivity (Wildman–Crippen MR) is 87.6 cm³/mol. The van der Waals surface area contributed by atoms with E-state index >= 15 is 0 Å². The summed E-state index contributed by atoms with van der Waals surface area (Å²) in [7, 11) is 0. The van der Waals surface area contributed by atoms with Gasteiger partial charge >= 0.3 is 0 Å². The van der Waals surface area contributed by atoms with E-state index in [4.69, 9.17) is 0 Å². The first-order chi connectivity index (χ1) is 10.5. The van der Waals surface area contributed by atoms with Gasteiger partial charge in [-0.3, -0.25) is 4.90 Å². The fourth-order valence-corrected chi connectivity index (χ4v) is 3.53. The minimum absolute atomic E-state index is 0.219. The number of rotatable bonds is 4. The molecule has 3 nitrogen and oxygen atoms in total. The van der Waals surface area contributed by atoms with E-state index in [2.05, 4.69) is 23.7 Å². The smallest absolute Gasteiger partial charge is 0.124 e. The van der Waals surface area contributed by atoms with Gasteiger partial charge in [0.1, 0.15) is 16.6 Å². The maximum Gasteiger partial charge on any atom is 0.124 e. The number of aliphatic hydroxyl groups is 1. The molecular formula is C17H19FN2OS. The molecule has 22 heavy (non-hydrogen) atoms. The molecule has 2 heterocycles. The van der Waals surface area contributed by atoms with Crippen LogP contribution in [-0.2, 0) is 6.42 Å². The Morgan fingerprint density at radius 1 is 1.27 bits per heavy atom.